The predicted molar refractivity (Wildman–Crippen MR) is 143 cm³/mol. The second-order valence-electron chi connectivity index (χ2n) is 8.73. The third-order valence-corrected chi connectivity index (χ3v) is 5.38. The van der Waals surface area contributed by atoms with Gasteiger partial charge in [0.15, 0.2) is 12.6 Å². The normalized spacial score (nSPS) is 13.8. The Kier molecular flexibility index (Phi) is 13.6. The number of hydrogen-bond acceptors (Lipinski definition) is 4. The molecule has 3 N–H and O–H groups in total. The van der Waals surface area contributed by atoms with Gasteiger partial charge < -0.3 is 20.7 Å². The van der Waals surface area contributed by atoms with Crippen LogP contribution in [0.25, 0.3) is 0 Å². The van der Waals surface area contributed by atoms with Crippen LogP contribution in [-0.2, 0) is 11.2 Å². The number of nitrogens with zero attached hydrogens (tertiary/aromatic N) is 2. The highest BCUT2D eigenvalue weighted by atomic mass is 127. The van der Waals surface area contributed by atoms with Crippen LogP contribution in [0, 0.1) is 0 Å². The third-order valence-electron chi connectivity index (χ3n) is 5.38. The first-order chi connectivity index (χ1) is 14.9. The van der Waals surface area contributed by atoms with E-state index in [1.165, 1.54) is 5.56 Å². The third kappa shape index (κ3) is 11.4. The molecule has 0 atom stereocenters. The number of guanidine groups is 1. The Hall–Kier alpha value is -1.55. The van der Waals surface area contributed by atoms with Crippen LogP contribution in [-0.4, -0.2) is 68.2 Å². The van der Waals surface area contributed by atoms with Crippen LogP contribution < -0.4 is 20.7 Å². The van der Waals surface area contributed by atoms with Crippen molar-refractivity contribution in [3.63, 3.8) is 0 Å². The quantitative estimate of drug-likeness (QED) is 0.150. The van der Waals surface area contributed by atoms with Gasteiger partial charge in [0, 0.05) is 44.8 Å². The number of halogens is 1. The van der Waals surface area contributed by atoms with E-state index in [9.17, 15) is 4.79 Å². The molecule has 0 unspecified atom stereocenters. The molecule has 0 bridgehead atoms. The molecule has 1 saturated carbocycles. The van der Waals surface area contributed by atoms with Crippen LogP contribution in [0.5, 0.6) is 5.75 Å². The molecule has 1 aliphatic carbocycles. The molecule has 0 aromatic heterocycles. The number of ether oxygens (including phenoxy) is 1. The fourth-order valence-electron chi connectivity index (χ4n) is 3.53. The van der Waals surface area contributed by atoms with Gasteiger partial charge in [-0.3, -0.25) is 14.7 Å². The summed E-state index contributed by atoms with van der Waals surface area (Å²) in [4.78, 5) is 18.5. The average molecular weight is 560 g/mol. The lowest BCUT2D eigenvalue weighted by atomic mass is 10.1. The molecule has 8 heteroatoms. The second-order valence-corrected chi connectivity index (χ2v) is 8.73. The van der Waals surface area contributed by atoms with Crippen molar-refractivity contribution in [3.8, 4) is 5.75 Å². The summed E-state index contributed by atoms with van der Waals surface area (Å²) < 4.78 is 5.55. The molecule has 2 rings (SSSR count). The number of benzene rings is 1. The summed E-state index contributed by atoms with van der Waals surface area (Å²) in [6.45, 7) is 11.8. The van der Waals surface area contributed by atoms with Gasteiger partial charge in [-0.05, 0) is 71.1 Å². The molecule has 0 radical (unpaired) electrons. The van der Waals surface area contributed by atoms with Gasteiger partial charge in [-0.2, -0.15) is 0 Å². The smallest absolute Gasteiger partial charge is 0.258 e. The summed E-state index contributed by atoms with van der Waals surface area (Å²) in [5.41, 5.74) is 1.21. The Labute approximate surface area is 211 Å². The number of aliphatic imine (C=N–C) groups is 1. The van der Waals surface area contributed by atoms with Gasteiger partial charge in [0.25, 0.3) is 5.91 Å². The minimum atomic E-state index is -0.0456. The minimum Gasteiger partial charge on any atom is -0.484 e. The van der Waals surface area contributed by atoms with E-state index in [1.54, 1.807) is 7.05 Å². The van der Waals surface area contributed by atoms with E-state index in [0.717, 1.165) is 57.0 Å². The molecule has 1 amide bonds. The van der Waals surface area contributed by atoms with E-state index >= 15 is 0 Å². The topological polar surface area (TPSA) is 78.0 Å². The van der Waals surface area contributed by atoms with Gasteiger partial charge in [-0.25, -0.2) is 0 Å². The molecule has 0 heterocycles. The van der Waals surface area contributed by atoms with E-state index in [4.69, 9.17) is 4.74 Å². The summed E-state index contributed by atoms with van der Waals surface area (Å²) in [6.07, 6.45) is 4.14. The Morgan fingerprint density at radius 3 is 2.28 bits per heavy atom. The van der Waals surface area contributed by atoms with Crippen molar-refractivity contribution in [2.24, 2.45) is 4.99 Å². The van der Waals surface area contributed by atoms with Gasteiger partial charge in [0.05, 0.1) is 0 Å². The maximum atomic E-state index is 11.7. The molecule has 0 saturated heterocycles. The van der Waals surface area contributed by atoms with Crippen LogP contribution in [0.1, 0.15) is 52.5 Å². The van der Waals surface area contributed by atoms with Crippen molar-refractivity contribution in [3.05, 3.63) is 29.8 Å². The van der Waals surface area contributed by atoms with Crippen LogP contribution >= 0.6 is 24.0 Å². The van der Waals surface area contributed by atoms with Gasteiger partial charge >= 0.3 is 0 Å². The molecular formula is C24H42IN5O2. The minimum absolute atomic E-state index is 0. The summed E-state index contributed by atoms with van der Waals surface area (Å²) >= 11 is 0. The largest absolute Gasteiger partial charge is 0.484 e. The van der Waals surface area contributed by atoms with E-state index in [1.807, 2.05) is 24.3 Å². The van der Waals surface area contributed by atoms with Gasteiger partial charge in [-0.1, -0.05) is 12.1 Å². The number of carbonyl (C=O) groups excluding carboxylic acids is 1. The van der Waals surface area contributed by atoms with Crippen LogP contribution in [0.3, 0.4) is 0 Å². The van der Waals surface area contributed by atoms with Crippen molar-refractivity contribution in [2.75, 3.05) is 33.3 Å². The SMILES string of the molecule is CN=C(NCCCN(C(C)C)C(C)C)NCCc1ccc(OCC(=O)NC2CC2)cc1.I. The highest BCUT2D eigenvalue weighted by Gasteiger charge is 2.23. The van der Waals surface area contributed by atoms with E-state index in [0.29, 0.717) is 18.1 Å². The molecule has 7 nitrogen and oxygen atoms in total. The average Bonchev–Trinajstić information content (AvgIpc) is 3.55. The highest BCUT2D eigenvalue weighted by molar-refractivity contribution is 14.0. The molecule has 1 aliphatic rings. The van der Waals surface area contributed by atoms with Crippen molar-refractivity contribution in [1.82, 2.24) is 20.9 Å². The van der Waals surface area contributed by atoms with E-state index in [-0.39, 0.29) is 36.5 Å². The van der Waals surface area contributed by atoms with Gasteiger partial charge in [-0.15, -0.1) is 24.0 Å². The van der Waals surface area contributed by atoms with E-state index < -0.39 is 0 Å². The molecule has 1 fully saturated rings. The maximum absolute atomic E-state index is 11.7. The number of carbonyl (C=O) groups is 1. The summed E-state index contributed by atoms with van der Waals surface area (Å²) in [7, 11) is 1.80. The zero-order valence-electron chi connectivity index (χ0n) is 20.3. The molecule has 1 aromatic rings. The van der Waals surface area contributed by atoms with E-state index in [2.05, 4.69) is 53.5 Å². The van der Waals surface area contributed by atoms with Crippen LogP contribution in [0.15, 0.2) is 29.3 Å². The predicted octanol–water partition coefficient (Wildman–Crippen LogP) is 3.18. The molecule has 32 heavy (non-hydrogen) atoms. The van der Waals surface area contributed by atoms with Crippen LogP contribution in [0.4, 0.5) is 0 Å². The Balaban J connectivity index is 0.00000512. The lowest BCUT2D eigenvalue weighted by Gasteiger charge is -2.30. The zero-order valence-corrected chi connectivity index (χ0v) is 22.6. The Bertz CT molecular complexity index is 682. The van der Waals surface area contributed by atoms with Crippen molar-refractivity contribution >= 4 is 35.8 Å². The molecule has 182 valence electrons. The lowest BCUT2D eigenvalue weighted by molar-refractivity contribution is -0.123. The highest BCUT2D eigenvalue weighted by Crippen LogP contribution is 2.18. The summed E-state index contributed by atoms with van der Waals surface area (Å²) in [5, 5.41) is 9.69. The number of rotatable bonds is 13. The fourth-order valence-corrected chi connectivity index (χ4v) is 3.53. The standard InChI is InChI=1S/C24H41N5O2.HI/c1-18(2)29(19(3)4)16-6-14-26-24(25-5)27-15-13-20-7-11-22(12-8-20)31-17-23(30)28-21-9-10-21;/h7-8,11-12,18-19,21H,6,9-10,13-17H2,1-5H3,(H,28,30)(H2,25,26,27);1H. The molecule has 0 aliphatic heterocycles. The lowest BCUT2D eigenvalue weighted by Crippen LogP contribution is -2.41. The molecule has 0 spiro atoms. The number of nitrogens with one attached hydrogen (secondary N) is 3. The fraction of sp³-hybridized carbons (Fsp3) is 0.667. The Morgan fingerprint density at radius 2 is 1.72 bits per heavy atom. The molecule has 1 aromatic carbocycles. The molecular weight excluding hydrogens is 517 g/mol. The first-order valence-electron chi connectivity index (χ1n) is 11.6. The van der Waals surface area contributed by atoms with Gasteiger partial charge in [0.1, 0.15) is 5.75 Å². The second kappa shape index (κ2) is 15.3. The first kappa shape index (κ1) is 28.5. The number of hydrogen-bond donors (Lipinski definition) is 3. The van der Waals surface area contributed by atoms with Crippen molar-refractivity contribution in [2.45, 2.75) is 71.5 Å². The van der Waals surface area contributed by atoms with Crippen LogP contribution in [0.2, 0.25) is 0 Å². The first-order valence-corrected chi connectivity index (χ1v) is 11.6. The number of amides is 1. The van der Waals surface area contributed by atoms with Gasteiger partial charge in [0.2, 0.25) is 0 Å². The van der Waals surface area contributed by atoms with Crippen molar-refractivity contribution < 1.29 is 9.53 Å². The van der Waals surface area contributed by atoms with Crippen molar-refractivity contribution in [1.29, 1.82) is 0 Å². The summed E-state index contributed by atoms with van der Waals surface area (Å²) in [6, 6.07) is 9.41. The monoisotopic (exact) mass is 559 g/mol. The summed E-state index contributed by atoms with van der Waals surface area (Å²) in [5.74, 6) is 1.51. The zero-order chi connectivity index (χ0) is 22.6. The maximum Gasteiger partial charge on any atom is 0.258 e. The Morgan fingerprint density at radius 1 is 1.09 bits per heavy atom.